The zero-order valence-electron chi connectivity index (χ0n) is 11.7. The van der Waals surface area contributed by atoms with Gasteiger partial charge in [-0.25, -0.2) is 4.79 Å². The smallest absolute Gasteiger partial charge is 0.335 e. The fraction of sp³-hybridized carbons (Fsp3) is 0.400. The van der Waals surface area contributed by atoms with Gasteiger partial charge in [-0.05, 0) is 38.0 Å². The third-order valence-corrected chi connectivity index (χ3v) is 3.17. The predicted octanol–water partition coefficient (Wildman–Crippen LogP) is 1.94. The Kier molecular flexibility index (Phi) is 5.73. The molecule has 1 rings (SSSR count). The van der Waals surface area contributed by atoms with Gasteiger partial charge in [0.25, 0.3) is 0 Å². The number of amides is 1. The fourth-order valence-corrected chi connectivity index (χ4v) is 1.96. The molecule has 20 heavy (non-hydrogen) atoms. The van der Waals surface area contributed by atoms with Gasteiger partial charge in [-0.2, -0.15) is 5.26 Å². The average molecular weight is 274 g/mol. The van der Waals surface area contributed by atoms with Crippen LogP contribution < -0.4 is 0 Å². The number of hydrogen-bond donors (Lipinski definition) is 1. The molecule has 0 saturated heterocycles. The second-order valence-electron chi connectivity index (χ2n) is 4.40. The normalized spacial score (nSPS) is 11.4. The molecule has 0 bridgehead atoms. The van der Waals surface area contributed by atoms with Crippen LogP contribution in [0.4, 0.5) is 0 Å². The molecule has 0 radical (unpaired) electrons. The van der Waals surface area contributed by atoms with E-state index in [4.69, 9.17) is 10.4 Å². The van der Waals surface area contributed by atoms with Gasteiger partial charge in [0.05, 0.1) is 11.6 Å². The van der Waals surface area contributed by atoms with Crippen molar-refractivity contribution in [2.75, 3.05) is 13.1 Å². The summed E-state index contributed by atoms with van der Waals surface area (Å²) in [6, 6.07) is 8.27. The molecule has 0 aromatic heterocycles. The van der Waals surface area contributed by atoms with Gasteiger partial charge in [0.15, 0.2) is 0 Å². The van der Waals surface area contributed by atoms with E-state index in [1.165, 1.54) is 12.1 Å². The number of benzene rings is 1. The monoisotopic (exact) mass is 274 g/mol. The molecule has 0 heterocycles. The summed E-state index contributed by atoms with van der Waals surface area (Å²) in [4.78, 5) is 24.5. The van der Waals surface area contributed by atoms with E-state index in [1.807, 2.05) is 19.9 Å². The number of hydrogen-bond acceptors (Lipinski definition) is 3. The van der Waals surface area contributed by atoms with Crippen LogP contribution >= 0.6 is 0 Å². The van der Waals surface area contributed by atoms with Crippen molar-refractivity contribution in [3.8, 4) is 6.07 Å². The highest BCUT2D eigenvalue weighted by atomic mass is 16.4. The number of carbonyl (C=O) groups excluding carboxylic acids is 1. The lowest BCUT2D eigenvalue weighted by molar-refractivity contribution is -0.133. The van der Waals surface area contributed by atoms with Crippen LogP contribution in [-0.2, 0) is 11.2 Å². The highest BCUT2D eigenvalue weighted by molar-refractivity contribution is 5.87. The topological polar surface area (TPSA) is 81.4 Å². The summed E-state index contributed by atoms with van der Waals surface area (Å²) in [6.07, 6.45) is 0.297. The van der Waals surface area contributed by atoms with E-state index < -0.39 is 11.9 Å². The fourth-order valence-electron chi connectivity index (χ4n) is 1.96. The van der Waals surface area contributed by atoms with Crippen molar-refractivity contribution in [3.63, 3.8) is 0 Å². The zero-order valence-corrected chi connectivity index (χ0v) is 11.7. The Morgan fingerprint density at radius 2 is 1.80 bits per heavy atom. The second-order valence-corrected chi connectivity index (χ2v) is 4.40. The van der Waals surface area contributed by atoms with Gasteiger partial charge in [0.2, 0.25) is 5.91 Å². The Bertz CT molecular complexity index is 513. The first kappa shape index (κ1) is 15.7. The second kappa shape index (κ2) is 7.29. The van der Waals surface area contributed by atoms with E-state index in [0.29, 0.717) is 19.5 Å². The van der Waals surface area contributed by atoms with Crippen molar-refractivity contribution in [1.82, 2.24) is 4.90 Å². The van der Waals surface area contributed by atoms with Gasteiger partial charge in [0.1, 0.15) is 5.92 Å². The molecule has 1 unspecified atom stereocenters. The minimum atomic E-state index is -0.993. The zero-order chi connectivity index (χ0) is 15.1. The molecule has 1 atom stereocenters. The summed E-state index contributed by atoms with van der Waals surface area (Å²) < 4.78 is 0. The van der Waals surface area contributed by atoms with Gasteiger partial charge >= 0.3 is 5.97 Å². The third-order valence-electron chi connectivity index (χ3n) is 3.17. The summed E-state index contributed by atoms with van der Waals surface area (Å²) in [5.74, 6) is -1.90. The Labute approximate surface area is 118 Å². The molecular formula is C15H18N2O3. The van der Waals surface area contributed by atoms with Gasteiger partial charge in [-0.1, -0.05) is 12.1 Å². The lowest BCUT2D eigenvalue weighted by Gasteiger charge is -2.21. The van der Waals surface area contributed by atoms with E-state index in [-0.39, 0.29) is 11.5 Å². The molecule has 0 spiro atoms. The number of aromatic carboxylic acids is 1. The van der Waals surface area contributed by atoms with Crippen LogP contribution in [0.15, 0.2) is 24.3 Å². The van der Waals surface area contributed by atoms with Crippen LogP contribution in [-0.4, -0.2) is 35.0 Å². The van der Waals surface area contributed by atoms with Crippen molar-refractivity contribution in [1.29, 1.82) is 5.26 Å². The summed E-state index contributed by atoms with van der Waals surface area (Å²) >= 11 is 0. The van der Waals surface area contributed by atoms with Gasteiger partial charge in [-0.3, -0.25) is 4.79 Å². The van der Waals surface area contributed by atoms with E-state index in [1.54, 1.807) is 17.0 Å². The number of carboxylic acid groups (broad SMARTS) is 1. The first-order valence-corrected chi connectivity index (χ1v) is 6.54. The Morgan fingerprint density at radius 3 is 2.20 bits per heavy atom. The quantitative estimate of drug-likeness (QED) is 0.859. The molecule has 0 fully saturated rings. The maximum absolute atomic E-state index is 12.1. The minimum Gasteiger partial charge on any atom is -0.478 e. The van der Waals surface area contributed by atoms with Crippen molar-refractivity contribution in [3.05, 3.63) is 35.4 Å². The largest absolute Gasteiger partial charge is 0.478 e. The summed E-state index contributed by atoms with van der Waals surface area (Å²) in [6.45, 7) is 4.89. The number of carboxylic acids is 1. The van der Waals surface area contributed by atoms with Gasteiger partial charge in [-0.15, -0.1) is 0 Å². The molecule has 1 N–H and O–H groups in total. The highest BCUT2D eigenvalue weighted by Gasteiger charge is 2.22. The van der Waals surface area contributed by atoms with Crippen molar-refractivity contribution < 1.29 is 14.7 Å². The van der Waals surface area contributed by atoms with E-state index in [0.717, 1.165) is 5.56 Å². The summed E-state index contributed by atoms with van der Waals surface area (Å²) in [7, 11) is 0. The SMILES string of the molecule is CCN(CC)C(=O)C(C#N)Cc1ccc(C(=O)O)cc1. The van der Waals surface area contributed by atoms with Crippen LogP contribution in [0.25, 0.3) is 0 Å². The first-order valence-electron chi connectivity index (χ1n) is 6.54. The molecule has 0 aliphatic rings. The van der Waals surface area contributed by atoms with Gasteiger partial charge in [0, 0.05) is 13.1 Å². The number of nitrogens with zero attached hydrogens (tertiary/aromatic N) is 2. The standard InChI is InChI=1S/C15H18N2O3/c1-3-17(4-2)14(18)13(10-16)9-11-5-7-12(8-6-11)15(19)20/h5-8,13H,3-4,9H2,1-2H3,(H,19,20). The number of nitriles is 1. The third kappa shape index (κ3) is 3.82. The average Bonchev–Trinajstić information content (AvgIpc) is 2.46. The molecular weight excluding hydrogens is 256 g/mol. The Balaban J connectivity index is 2.81. The highest BCUT2D eigenvalue weighted by Crippen LogP contribution is 2.13. The molecule has 0 aliphatic heterocycles. The van der Waals surface area contributed by atoms with Crippen LogP contribution in [0, 0.1) is 17.2 Å². The van der Waals surface area contributed by atoms with Crippen LogP contribution in [0.1, 0.15) is 29.8 Å². The van der Waals surface area contributed by atoms with Crippen molar-refractivity contribution in [2.45, 2.75) is 20.3 Å². The number of carbonyl (C=O) groups is 2. The van der Waals surface area contributed by atoms with E-state index in [2.05, 4.69) is 0 Å². The molecule has 5 nitrogen and oxygen atoms in total. The lowest BCUT2D eigenvalue weighted by atomic mass is 9.98. The molecule has 1 aromatic carbocycles. The first-order chi connectivity index (χ1) is 9.53. The van der Waals surface area contributed by atoms with Crippen LogP contribution in [0.2, 0.25) is 0 Å². The van der Waals surface area contributed by atoms with E-state index >= 15 is 0 Å². The maximum atomic E-state index is 12.1. The van der Waals surface area contributed by atoms with Crippen LogP contribution in [0.5, 0.6) is 0 Å². The molecule has 1 amide bonds. The van der Waals surface area contributed by atoms with Crippen molar-refractivity contribution >= 4 is 11.9 Å². The molecule has 106 valence electrons. The molecule has 5 heteroatoms. The molecule has 1 aromatic rings. The Morgan fingerprint density at radius 1 is 1.25 bits per heavy atom. The van der Waals surface area contributed by atoms with Crippen LogP contribution in [0.3, 0.4) is 0 Å². The van der Waals surface area contributed by atoms with E-state index in [9.17, 15) is 9.59 Å². The minimum absolute atomic E-state index is 0.181. The summed E-state index contributed by atoms with van der Waals surface area (Å²) in [5.41, 5.74) is 0.972. The van der Waals surface area contributed by atoms with Gasteiger partial charge < -0.3 is 10.0 Å². The number of rotatable bonds is 6. The lowest BCUT2D eigenvalue weighted by Crippen LogP contribution is -2.36. The van der Waals surface area contributed by atoms with Crippen molar-refractivity contribution in [2.24, 2.45) is 5.92 Å². The maximum Gasteiger partial charge on any atom is 0.335 e. The summed E-state index contributed by atoms with van der Waals surface area (Å²) in [5, 5.41) is 18.0. The molecule has 0 aliphatic carbocycles. The Hall–Kier alpha value is -2.35. The molecule has 0 saturated carbocycles. The predicted molar refractivity (Wildman–Crippen MR) is 74.1 cm³/mol.